The maximum Gasteiger partial charge on any atom is 0.271 e. The zero-order chi connectivity index (χ0) is 25.2. The van der Waals surface area contributed by atoms with Gasteiger partial charge in [0.1, 0.15) is 11.9 Å². The van der Waals surface area contributed by atoms with Crippen molar-refractivity contribution in [2.45, 2.75) is 50.2 Å². The monoisotopic (exact) mass is 494 g/mol. The number of aromatic nitrogens is 3. The maximum atomic E-state index is 13.3. The van der Waals surface area contributed by atoms with Crippen LogP contribution in [0.15, 0.2) is 42.3 Å². The number of carbonyl (C=O) groups excluding carboxylic acids is 1. The fourth-order valence-corrected chi connectivity index (χ4v) is 4.85. The molecular weight excluding hydrogens is 463 g/mol. The van der Waals surface area contributed by atoms with Crippen molar-refractivity contribution in [3.63, 3.8) is 0 Å². The van der Waals surface area contributed by atoms with Crippen molar-refractivity contribution in [1.29, 1.82) is 0 Å². The van der Waals surface area contributed by atoms with Crippen molar-refractivity contribution in [1.82, 2.24) is 19.9 Å². The topological polar surface area (TPSA) is 102 Å². The number of amides is 1. The molecule has 2 heterocycles. The Morgan fingerprint density at radius 3 is 2.67 bits per heavy atom. The first-order valence-electron chi connectivity index (χ1n) is 12.2. The molecule has 2 atom stereocenters. The van der Waals surface area contributed by atoms with E-state index in [4.69, 9.17) is 9.47 Å². The van der Waals surface area contributed by atoms with Crippen LogP contribution in [0.3, 0.4) is 0 Å². The molecule has 190 valence electrons. The van der Waals surface area contributed by atoms with Crippen molar-refractivity contribution in [2.75, 3.05) is 31.9 Å². The van der Waals surface area contributed by atoms with E-state index in [9.17, 15) is 9.18 Å². The van der Waals surface area contributed by atoms with Gasteiger partial charge in [-0.3, -0.25) is 4.79 Å². The number of methoxy groups -OCH3 is 2. The Labute approximate surface area is 209 Å². The van der Waals surface area contributed by atoms with Gasteiger partial charge < -0.3 is 25.4 Å². The van der Waals surface area contributed by atoms with E-state index in [1.807, 2.05) is 24.5 Å². The van der Waals surface area contributed by atoms with Crippen LogP contribution in [0.2, 0.25) is 0 Å². The minimum Gasteiger partial charge on any atom is -0.504 e. The van der Waals surface area contributed by atoms with Crippen molar-refractivity contribution in [2.24, 2.45) is 0 Å². The van der Waals surface area contributed by atoms with Gasteiger partial charge in [-0.25, -0.2) is 13.9 Å². The number of ether oxygens (including phenoxy) is 2. The zero-order valence-electron chi connectivity index (χ0n) is 20.7. The normalized spacial score (nSPS) is 21.1. The maximum absolute atomic E-state index is 13.3. The molecule has 10 heteroatoms. The van der Waals surface area contributed by atoms with Crippen LogP contribution in [0.1, 0.15) is 54.1 Å². The number of nitrogens with zero attached hydrogens (tertiary/aromatic N) is 3. The van der Waals surface area contributed by atoms with Gasteiger partial charge in [0.15, 0.2) is 17.2 Å². The van der Waals surface area contributed by atoms with Crippen molar-refractivity contribution in [3.05, 3.63) is 53.6 Å². The number of anilines is 3. The second-order valence-corrected chi connectivity index (χ2v) is 9.24. The first kappa shape index (κ1) is 23.9. The van der Waals surface area contributed by atoms with Gasteiger partial charge in [-0.2, -0.15) is 0 Å². The average Bonchev–Trinajstić information content (AvgIpc) is 3.40. The molecule has 0 aliphatic heterocycles. The van der Waals surface area contributed by atoms with Crippen LogP contribution in [-0.4, -0.2) is 54.0 Å². The Balaban J connectivity index is 1.44. The summed E-state index contributed by atoms with van der Waals surface area (Å²) in [5.41, 5.74) is 4.72. The van der Waals surface area contributed by atoms with Crippen molar-refractivity contribution >= 4 is 28.7 Å². The molecule has 5 rings (SSSR count). The van der Waals surface area contributed by atoms with Gasteiger partial charge >= 0.3 is 0 Å². The van der Waals surface area contributed by atoms with E-state index in [1.54, 1.807) is 21.3 Å². The Hall–Kier alpha value is -3.82. The van der Waals surface area contributed by atoms with E-state index in [0.717, 1.165) is 42.7 Å². The Morgan fingerprint density at radius 1 is 1.22 bits per heavy atom. The van der Waals surface area contributed by atoms with E-state index in [2.05, 4.69) is 32.1 Å². The average molecular weight is 495 g/mol. The Kier molecular flexibility index (Phi) is 6.67. The first-order valence-corrected chi connectivity index (χ1v) is 12.2. The number of fused-ring (bicyclic) bond motifs is 1. The number of carbonyl (C=O) groups is 1. The van der Waals surface area contributed by atoms with Crippen molar-refractivity contribution in [3.8, 4) is 5.75 Å². The molecule has 9 nitrogen and oxygen atoms in total. The Morgan fingerprint density at radius 2 is 2.00 bits per heavy atom. The smallest absolute Gasteiger partial charge is 0.271 e. The van der Waals surface area contributed by atoms with E-state index in [-0.39, 0.29) is 5.69 Å². The molecule has 1 amide bonds. The summed E-state index contributed by atoms with van der Waals surface area (Å²) in [6, 6.07) is 7.46. The number of benzene rings is 1. The van der Waals surface area contributed by atoms with Crippen LogP contribution in [0.25, 0.3) is 5.65 Å². The Bertz CT molecular complexity index is 1300. The number of imidazole rings is 1. The predicted molar refractivity (Wildman–Crippen MR) is 136 cm³/mol. The summed E-state index contributed by atoms with van der Waals surface area (Å²) in [6.07, 6.45) is 6.71. The van der Waals surface area contributed by atoms with Crippen LogP contribution in [0, 0.1) is 0 Å². The summed E-state index contributed by atoms with van der Waals surface area (Å²) in [6.45, 7) is 0. The summed E-state index contributed by atoms with van der Waals surface area (Å²) < 4.78 is 25.8. The molecule has 1 aromatic carbocycles. The quantitative estimate of drug-likeness (QED) is 0.395. The van der Waals surface area contributed by atoms with Gasteiger partial charge in [-0.15, -0.1) is 5.10 Å². The van der Waals surface area contributed by atoms with Crippen LogP contribution in [-0.2, 0) is 4.74 Å². The molecule has 0 saturated heterocycles. The molecule has 36 heavy (non-hydrogen) atoms. The second kappa shape index (κ2) is 10.0. The molecule has 2 saturated carbocycles. The van der Waals surface area contributed by atoms with Gasteiger partial charge in [-0.05, 0) is 48.8 Å². The van der Waals surface area contributed by atoms with E-state index < -0.39 is 18.1 Å². The number of hydrogen-bond donors (Lipinski definition) is 3. The third-order valence-corrected chi connectivity index (χ3v) is 6.86. The van der Waals surface area contributed by atoms with Gasteiger partial charge in [0, 0.05) is 19.5 Å². The summed E-state index contributed by atoms with van der Waals surface area (Å²) >= 11 is 0. The first-order chi connectivity index (χ1) is 17.5. The van der Waals surface area contributed by atoms with E-state index >= 15 is 0 Å². The van der Waals surface area contributed by atoms with Gasteiger partial charge in [-0.1, -0.05) is 12.1 Å². The van der Waals surface area contributed by atoms with Crippen LogP contribution in [0.4, 0.5) is 21.6 Å². The van der Waals surface area contributed by atoms with Crippen LogP contribution in [0.5, 0.6) is 5.75 Å². The number of allylic oxidation sites excluding steroid dienone is 1. The lowest BCUT2D eigenvalue weighted by Gasteiger charge is -2.26. The second-order valence-electron chi connectivity index (χ2n) is 9.24. The number of nitrogens with one attached hydrogen (secondary N) is 3. The fraction of sp³-hybridized carbons (Fsp3) is 0.423. The number of para-hydroxylation sites is 1. The van der Waals surface area contributed by atoms with Crippen LogP contribution < -0.4 is 20.7 Å². The van der Waals surface area contributed by atoms with Gasteiger partial charge in [0.2, 0.25) is 0 Å². The predicted octanol–water partition coefficient (Wildman–Crippen LogP) is 4.55. The summed E-state index contributed by atoms with van der Waals surface area (Å²) in [5.74, 6) is 1.27. The highest BCUT2D eigenvalue weighted by Gasteiger charge is 2.39. The van der Waals surface area contributed by atoms with Crippen molar-refractivity contribution < 1.29 is 18.7 Å². The highest BCUT2D eigenvalue weighted by Crippen LogP contribution is 2.42. The molecule has 0 bridgehead atoms. The molecule has 3 N–H and O–H groups in total. The number of halogens is 1. The SMILES string of the molecule is CNc1cc(Nc2cccc(C3CCC(=COC)CC3)c2OC)nn2c(C(=O)N[C@@H]3C[C@@H]3F)cnc12. The minimum absolute atomic E-state index is 0.243. The number of rotatable bonds is 8. The number of alkyl halides is 1. The third kappa shape index (κ3) is 4.67. The highest BCUT2D eigenvalue weighted by molar-refractivity contribution is 5.94. The standard InChI is InChI=1S/C26H31FN6O3/c1-28-21-12-23(32-33-22(13-29-25(21)33)26(34)31-20-11-18(20)27)30-19-6-4-5-17(24(19)36-3)16-9-7-15(8-10-16)14-35-2/h4-6,12-14,16,18,20,28H,7-11H2,1-3H3,(H,30,32)(H,31,34)/t16?,18-,20+/m0/s1. The minimum atomic E-state index is -0.988. The molecule has 0 spiro atoms. The summed E-state index contributed by atoms with van der Waals surface area (Å²) in [7, 11) is 5.14. The number of hydrogen-bond acceptors (Lipinski definition) is 7. The molecule has 0 unspecified atom stereocenters. The largest absolute Gasteiger partial charge is 0.504 e. The van der Waals surface area contributed by atoms with E-state index in [1.165, 1.54) is 16.3 Å². The fourth-order valence-electron chi connectivity index (χ4n) is 4.85. The highest BCUT2D eigenvalue weighted by atomic mass is 19.1. The summed E-state index contributed by atoms with van der Waals surface area (Å²) in [4.78, 5) is 17.1. The third-order valence-electron chi connectivity index (χ3n) is 6.86. The lowest BCUT2D eigenvalue weighted by Crippen LogP contribution is -2.28. The molecule has 0 radical (unpaired) electrons. The molecule has 2 aliphatic rings. The molecule has 3 aromatic rings. The van der Waals surface area contributed by atoms with Crippen LogP contribution >= 0.6 is 0 Å². The molecule has 2 fully saturated rings. The molecule has 2 aliphatic carbocycles. The molecular formula is C26H31FN6O3. The molecule has 2 aromatic heterocycles. The lowest BCUT2D eigenvalue weighted by atomic mass is 9.81. The van der Waals surface area contributed by atoms with Gasteiger partial charge in [0.25, 0.3) is 5.91 Å². The summed E-state index contributed by atoms with van der Waals surface area (Å²) in [5, 5.41) is 13.8. The zero-order valence-corrected chi connectivity index (χ0v) is 20.7. The van der Waals surface area contributed by atoms with Gasteiger partial charge in [0.05, 0.1) is 44.1 Å². The lowest BCUT2D eigenvalue weighted by molar-refractivity contribution is 0.0940. The van der Waals surface area contributed by atoms with E-state index in [0.29, 0.717) is 29.5 Å².